The molecule has 0 saturated carbocycles. The van der Waals surface area contributed by atoms with E-state index in [0.717, 1.165) is 18.7 Å². The summed E-state index contributed by atoms with van der Waals surface area (Å²) in [6, 6.07) is 0. The Morgan fingerprint density at radius 3 is 2.82 bits per heavy atom. The van der Waals surface area contributed by atoms with Crippen LogP contribution >= 0.6 is 0 Å². The summed E-state index contributed by atoms with van der Waals surface area (Å²) in [6.07, 6.45) is 2.88. The molecule has 1 amide bonds. The van der Waals surface area contributed by atoms with Gasteiger partial charge in [-0.05, 0) is 11.8 Å². The number of rotatable bonds is 5. The van der Waals surface area contributed by atoms with Crippen LogP contribution in [0.2, 0.25) is 0 Å². The van der Waals surface area contributed by atoms with Gasteiger partial charge in [0.25, 0.3) is 0 Å². The second-order valence-corrected chi connectivity index (χ2v) is 5.26. The fourth-order valence-electron chi connectivity index (χ4n) is 1.24. The van der Waals surface area contributed by atoms with Gasteiger partial charge in [-0.1, -0.05) is 26.0 Å². The van der Waals surface area contributed by atoms with Crippen molar-refractivity contribution in [3.05, 3.63) is 11.9 Å². The number of carbonyl (C=O) groups is 1. The van der Waals surface area contributed by atoms with Crippen molar-refractivity contribution in [1.29, 1.82) is 0 Å². The Balaban J connectivity index is 2.40. The van der Waals surface area contributed by atoms with Crippen LogP contribution in [0, 0.1) is 5.41 Å². The summed E-state index contributed by atoms with van der Waals surface area (Å²) < 4.78 is 1.80. The van der Waals surface area contributed by atoms with Crippen molar-refractivity contribution >= 4 is 5.91 Å². The molecule has 0 unspecified atom stereocenters. The topological polar surface area (TPSA) is 85.8 Å². The molecule has 0 radical (unpaired) electrons. The third-order valence-corrected chi connectivity index (χ3v) is 2.33. The van der Waals surface area contributed by atoms with Gasteiger partial charge in [0.05, 0.1) is 19.3 Å². The highest BCUT2D eigenvalue weighted by Crippen LogP contribution is 2.18. The Bertz CT molecular complexity index is 366. The lowest BCUT2D eigenvalue weighted by molar-refractivity contribution is -0.119. The smallest absolute Gasteiger partial charge is 0.234 e. The quantitative estimate of drug-likeness (QED) is 0.773. The molecule has 6 nitrogen and oxygen atoms in total. The Morgan fingerprint density at radius 2 is 2.24 bits per heavy atom. The van der Waals surface area contributed by atoms with E-state index in [0.29, 0.717) is 6.54 Å². The van der Waals surface area contributed by atoms with Gasteiger partial charge in [0.1, 0.15) is 5.69 Å². The van der Waals surface area contributed by atoms with Gasteiger partial charge in [-0.2, -0.15) is 0 Å². The van der Waals surface area contributed by atoms with Crippen LogP contribution in [0.1, 0.15) is 32.9 Å². The molecule has 17 heavy (non-hydrogen) atoms. The summed E-state index contributed by atoms with van der Waals surface area (Å²) in [5, 5.41) is 10.6. The molecule has 0 atom stereocenters. The summed E-state index contributed by atoms with van der Waals surface area (Å²) in [5.41, 5.74) is 6.21. The molecular formula is C11H21N5O. The Kier molecular flexibility index (Phi) is 4.62. The van der Waals surface area contributed by atoms with Gasteiger partial charge in [0, 0.05) is 6.54 Å². The van der Waals surface area contributed by atoms with Crippen LogP contribution in [0.3, 0.4) is 0 Å². The number of amides is 1. The van der Waals surface area contributed by atoms with Gasteiger partial charge in [-0.25, -0.2) is 0 Å². The maximum Gasteiger partial charge on any atom is 0.234 e. The second kappa shape index (κ2) is 5.77. The number of aromatic nitrogens is 3. The Labute approximate surface area is 102 Å². The number of carbonyl (C=O) groups excluding carboxylic acids is 1. The van der Waals surface area contributed by atoms with Crippen LogP contribution in [0.5, 0.6) is 0 Å². The summed E-state index contributed by atoms with van der Waals surface area (Å²) in [6.45, 7) is 7.77. The molecule has 0 aliphatic rings. The minimum absolute atomic E-state index is 0.00182. The summed E-state index contributed by atoms with van der Waals surface area (Å²) in [7, 11) is 0. The van der Waals surface area contributed by atoms with Gasteiger partial charge in [0.15, 0.2) is 0 Å². The fourth-order valence-corrected chi connectivity index (χ4v) is 1.24. The van der Waals surface area contributed by atoms with E-state index in [4.69, 9.17) is 5.73 Å². The molecule has 0 saturated heterocycles. The highest BCUT2D eigenvalue weighted by atomic mass is 16.1. The molecule has 1 rings (SSSR count). The van der Waals surface area contributed by atoms with Crippen LogP contribution < -0.4 is 11.1 Å². The van der Waals surface area contributed by atoms with Gasteiger partial charge < -0.3 is 11.1 Å². The molecule has 1 aromatic heterocycles. The predicted molar refractivity (Wildman–Crippen MR) is 65.0 cm³/mol. The van der Waals surface area contributed by atoms with Crippen LogP contribution in [0.4, 0.5) is 0 Å². The first kappa shape index (κ1) is 13.6. The highest BCUT2D eigenvalue weighted by molar-refractivity contribution is 5.77. The van der Waals surface area contributed by atoms with Gasteiger partial charge in [-0.3, -0.25) is 9.48 Å². The monoisotopic (exact) mass is 239 g/mol. The van der Waals surface area contributed by atoms with Crippen molar-refractivity contribution in [3.63, 3.8) is 0 Å². The number of nitrogens with two attached hydrogens (primary N) is 1. The van der Waals surface area contributed by atoms with Crippen molar-refractivity contribution in [2.24, 2.45) is 11.1 Å². The number of hydrogen-bond donors (Lipinski definition) is 2. The van der Waals surface area contributed by atoms with E-state index < -0.39 is 0 Å². The summed E-state index contributed by atoms with van der Waals surface area (Å²) >= 11 is 0. The SMILES string of the molecule is CC(C)(C)CCn1cc(CNC(=O)CN)nn1. The zero-order valence-corrected chi connectivity index (χ0v) is 10.7. The summed E-state index contributed by atoms with van der Waals surface area (Å²) in [4.78, 5) is 11.0. The third kappa shape index (κ3) is 5.44. The number of hydrogen-bond acceptors (Lipinski definition) is 4. The van der Waals surface area contributed by atoms with Crippen LogP contribution in [0.25, 0.3) is 0 Å². The molecule has 6 heteroatoms. The van der Waals surface area contributed by atoms with Crippen molar-refractivity contribution in [1.82, 2.24) is 20.3 Å². The first-order chi connectivity index (χ1) is 7.90. The Hall–Kier alpha value is -1.43. The minimum atomic E-state index is -0.186. The molecule has 0 spiro atoms. The lowest BCUT2D eigenvalue weighted by atomic mass is 9.92. The molecule has 0 bridgehead atoms. The number of nitrogens with one attached hydrogen (secondary N) is 1. The molecule has 3 N–H and O–H groups in total. The average Bonchev–Trinajstić information content (AvgIpc) is 2.70. The standard InChI is InChI=1S/C11H21N5O/c1-11(2,3)4-5-16-8-9(14-15-16)7-13-10(17)6-12/h8H,4-7,12H2,1-3H3,(H,13,17). The van der Waals surface area contributed by atoms with Crippen molar-refractivity contribution in [3.8, 4) is 0 Å². The molecule has 0 aliphatic heterocycles. The number of nitrogens with zero attached hydrogens (tertiary/aromatic N) is 3. The van der Waals surface area contributed by atoms with Crippen molar-refractivity contribution in [2.75, 3.05) is 6.54 Å². The molecule has 1 aromatic rings. The molecule has 1 heterocycles. The molecule has 0 fully saturated rings. The van der Waals surface area contributed by atoms with Crippen LogP contribution in [-0.4, -0.2) is 27.4 Å². The summed E-state index contributed by atoms with van der Waals surface area (Å²) in [5.74, 6) is -0.186. The number of aryl methyl sites for hydroxylation is 1. The molecule has 0 aromatic carbocycles. The van der Waals surface area contributed by atoms with E-state index in [2.05, 4.69) is 36.4 Å². The maximum atomic E-state index is 11.0. The van der Waals surface area contributed by atoms with Crippen LogP contribution in [-0.2, 0) is 17.9 Å². The lowest BCUT2D eigenvalue weighted by Crippen LogP contribution is -2.29. The van der Waals surface area contributed by atoms with Crippen molar-refractivity contribution < 1.29 is 4.79 Å². The third-order valence-electron chi connectivity index (χ3n) is 2.33. The fraction of sp³-hybridized carbons (Fsp3) is 0.727. The van der Waals surface area contributed by atoms with Crippen molar-refractivity contribution in [2.45, 2.75) is 40.3 Å². The largest absolute Gasteiger partial charge is 0.349 e. The first-order valence-electron chi connectivity index (χ1n) is 5.76. The minimum Gasteiger partial charge on any atom is -0.349 e. The van der Waals surface area contributed by atoms with Crippen LogP contribution in [0.15, 0.2) is 6.20 Å². The lowest BCUT2D eigenvalue weighted by Gasteiger charge is -2.17. The Morgan fingerprint density at radius 1 is 1.53 bits per heavy atom. The van der Waals surface area contributed by atoms with E-state index in [9.17, 15) is 4.79 Å². The zero-order valence-electron chi connectivity index (χ0n) is 10.7. The zero-order chi connectivity index (χ0) is 12.9. The van der Waals surface area contributed by atoms with E-state index in [1.165, 1.54) is 0 Å². The van der Waals surface area contributed by atoms with E-state index >= 15 is 0 Å². The first-order valence-corrected chi connectivity index (χ1v) is 5.76. The molecule has 0 aliphatic carbocycles. The predicted octanol–water partition coefficient (Wildman–Crippen LogP) is 0.289. The van der Waals surface area contributed by atoms with E-state index in [-0.39, 0.29) is 17.9 Å². The normalized spacial score (nSPS) is 11.5. The molecule has 96 valence electrons. The van der Waals surface area contributed by atoms with E-state index in [1.54, 1.807) is 4.68 Å². The van der Waals surface area contributed by atoms with Gasteiger partial charge in [0.2, 0.25) is 5.91 Å². The maximum absolute atomic E-state index is 11.0. The highest BCUT2D eigenvalue weighted by Gasteiger charge is 2.10. The van der Waals surface area contributed by atoms with E-state index in [1.807, 2.05) is 6.20 Å². The van der Waals surface area contributed by atoms with Gasteiger partial charge >= 0.3 is 0 Å². The molecular weight excluding hydrogens is 218 g/mol. The van der Waals surface area contributed by atoms with Gasteiger partial charge in [-0.15, -0.1) is 5.10 Å². The second-order valence-electron chi connectivity index (χ2n) is 5.26. The average molecular weight is 239 g/mol.